The number of nitrogens with one attached hydrogen (secondary N) is 1. The average Bonchev–Trinajstić information content (AvgIpc) is 3.53. The van der Waals surface area contributed by atoms with Crippen LogP contribution in [0, 0.1) is 0 Å². The highest BCUT2D eigenvalue weighted by molar-refractivity contribution is 5.76. The third kappa shape index (κ3) is 73.8. The normalized spacial score (nSPS) is 12.4. The van der Waals surface area contributed by atoms with Crippen LogP contribution in [0.25, 0.3) is 0 Å². The summed E-state index contributed by atoms with van der Waals surface area (Å²) in [6.07, 6.45) is 96.4. The molecule has 6 nitrogen and oxygen atoms in total. The fraction of sp³-hybridized carbons (Fsp3) is 0.975. The van der Waals surface area contributed by atoms with Gasteiger partial charge < -0.3 is 20.3 Å². The van der Waals surface area contributed by atoms with Gasteiger partial charge in [0.05, 0.1) is 25.4 Å². The summed E-state index contributed by atoms with van der Waals surface area (Å²) < 4.78 is 5.50. The first-order valence-corrected chi connectivity index (χ1v) is 40.8. The molecule has 2 atom stereocenters. The maximum absolute atomic E-state index is 12.6. The summed E-state index contributed by atoms with van der Waals surface area (Å²) >= 11 is 0. The summed E-state index contributed by atoms with van der Waals surface area (Å²) in [5.74, 6) is 0.00142. The molecule has 0 saturated carbocycles. The maximum Gasteiger partial charge on any atom is 0.305 e. The van der Waals surface area contributed by atoms with E-state index >= 15 is 0 Å². The first-order chi connectivity index (χ1) is 43.0. The molecule has 0 aliphatic rings. The topological polar surface area (TPSA) is 95.9 Å². The molecule has 0 spiro atoms. The van der Waals surface area contributed by atoms with Gasteiger partial charge in [0, 0.05) is 12.8 Å². The number of aliphatic hydroxyl groups is 2. The van der Waals surface area contributed by atoms with Crippen molar-refractivity contribution >= 4 is 11.9 Å². The minimum Gasteiger partial charge on any atom is -0.466 e. The maximum atomic E-state index is 12.6. The number of ether oxygens (including phenoxy) is 1. The SMILES string of the molecule is CCCCCCCCCCCCCCCCCCCCCCCCCCC(O)C(CO)NC(=O)CCCCCCCCCCCCCCCCCCCCCCCCCCCCCCCCCCOC(=O)CCCCCCCCCCCCCCCC. The van der Waals surface area contributed by atoms with E-state index in [4.69, 9.17) is 4.74 Å². The van der Waals surface area contributed by atoms with Crippen molar-refractivity contribution in [3.05, 3.63) is 0 Å². The van der Waals surface area contributed by atoms with E-state index in [-0.39, 0.29) is 18.5 Å². The van der Waals surface area contributed by atoms with Crippen molar-refractivity contribution < 1.29 is 24.5 Å². The summed E-state index contributed by atoms with van der Waals surface area (Å²) in [4.78, 5) is 24.7. The van der Waals surface area contributed by atoms with E-state index < -0.39 is 12.1 Å². The number of hydrogen-bond donors (Lipinski definition) is 3. The van der Waals surface area contributed by atoms with Crippen molar-refractivity contribution in [1.82, 2.24) is 5.32 Å². The number of carbonyl (C=O) groups excluding carboxylic acids is 2. The number of amides is 1. The number of carbonyl (C=O) groups is 2. The summed E-state index contributed by atoms with van der Waals surface area (Å²) in [5, 5.41) is 23.5. The fourth-order valence-electron chi connectivity index (χ4n) is 13.5. The Morgan fingerprint density at radius 3 is 0.701 bits per heavy atom. The van der Waals surface area contributed by atoms with Gasteiger partial charge in [0.25, 0.3) is 0 Å². The molecule has 87 heavy (non-hydrogen) atoms. The molecule has 1 amide bonds. The monoisotopic (exact) mass is 1230 g/mol. The minimum atomic E-state index is -0.662. The lowest BCUT2D eigenvalue weighted by atomic mass is 10.0. The highest BCUT2D eigenvalue weighted by Gasteiger charge is 2.20. The lowest BCUT2D eigenvalue weighted by molar-refractivity contribution is -0.143. The molecule has 0 radical (unpaired) electrons. The van der Waals surface area contributed by atoms with Crippen molar-refractivity contribution in [2.24, 2.45) is 0 Å². The van der Waals surface area contributed by atoms with Gasteiger partial charge in [-0.3, -0.25) is 9.59 Å². The van der Waals surface area contributed by atoms with E-state index in [1.165, 1.54) is 411 Å². The number of unbranched alkanes of at least 4 members (excludes halogenated alkanes) is 67. The lowest BCUT2D eigenvalue weighted by Crippen LogP contribution is -2.45. The zero-order chi connectivity index (χ0) is 62.8. The Labute approximate surface area is 547 Å². The van der Waals surface area contributed by atoms with E-state index in [1.54, 1.807) is 0 Å². The molecule has 6 heteroatoms. The predicted molar refractivity (Wildman–Crippen MR) is 384 cm³/mol. The van der Waals surface area contributed by atoms with E-state index in [1.807, 2.05) is 0 Å². The zero-order valence-corrected chi connectivity index (χ0v) is 59.8. The Morgan fingerprint density at radius 2 is 0.471 bits per heavy atom. The fourth-order valence-corrected chi connectivity index (χ4v) is 13.5. The second-order valence-electron chi connectivity index (χ2n) is 28.5. The van der Waals surface area contributed by atoms with Crippen LogP contribution in [0.2, 0.25) is 0 Å². The molecular formula is C81H161NO5. The van der Waals surface area contributed by atoms with Gasteiger partial charge in [-0.2, -0.15) is 0 Å². The second-order valence-corrected chi connectivity index (χ2v) is 28.5. The number of esters is 1. The Morgan fingerprint density at radius 1 is 0.276 bits per heavy atom. The van der Waals surface area contributed by atoms with Gasteiger partial charge >= 0.3 is 5.97 Å². The largest absolute Gasteiger partial charge is 0.466 e. The van der Waals surface area contributed by atoms with E-state index in [9.17, 15) is 19.8 Å². The summed E-state index contributed by atoms with van der Waals surface area (Å²) in [7, 11) is 0. The van der Waals surface area contributed by atoms with Crippen LogP contribution in [-0.2, 0) is 14.3 Å². The summed E-state index contributed by atoms with van der Waals surface area (Å²) in [6, 6.07) is -0.538. The molecule has 0 aliphatic heterocycles. The molecular weight excluding hydrogens is 1070 g/mol. The van der Waals surface area contributed by atoms with Crippen LogP contribution >= 0.6 is 0 Å². The van der Waals surface area contributed by atoms with Gasteiger partial charge in [0.15, 0.2) is 0 Å². The third-order valence-corrected chi connectivity index (χ3v) is 19.7. The van der Waals surface area contributed by atoms with E-state index in [2.05, 4.69) is 19.2 Å². The second kappa shape index (κ2) is 77.3. The molecule has 0 aromatic carbocycles. The molecule has 0 bridgehead atoms. The Bertz CT molecular complexity index is 1280. The van der Waals surface area contributed by atoms with Gasteiger partial charge in [-0.15, -0.1) is 0 Å². The lowest BCUT2D eigenvalue weighted by Gasteiger charge is -2.22. The standard InChI is InChI=1S/C81H161NO5/c1-3-5-7-9-11-13-15-17-19-20-21-22-23-34-37-40-43-46-49-53-57-61-65-69-73-79(84)78(77-83)82-80(85)74-70-66-62-58-54-50-47-44-41-38-35-32-30-28-26-24-25-27-29-31-33-36-39-42-45-48-52-56-60-64-68-72-76-87-81(86)75-71-67-63-59-55-51-18-16-14-12-10-8-6-4-2/h78-79,83-84H,3-77H2,1-2H3,(H,82,85). The molecule has 2 unspecified atom stereocenters. The highest BCUT2D eigenvalue weighted by Crippen LogP contribution is 2.21. The van der Waals surface area contributed by atoms with Gasteiger partial charge in [-0.1, -0.05) is 444 Å². The van der Waals surface area contributed by atoms with Crippen molar-refractivity contribution in [2.75, 3.05) is 13.2 Å². The number of aliphatic hydroxyl groups excluding tert-OH is 2. The van der Waals surface area contributed by atoms with E-state index in [0.29, 0.717) is 25.9 Å². The van der Waals surface area contributed by atoms with Gasteiger partial charge in [-0.25, -0.2) is 0 Å². The van der Waals surface area contributed by atoms with E-state index in [0.717, 1.165) is 38.5 Å². The Hall–Kier alpha value is -1.14. The van der Waals surface area contributed by atoms with Crippen LogP contribution in [0.5, 0.6) is 0 Å². The first kappa shape index (κ1) is 85.9. The van der Waals surface area contributed by atoms with Crippen molar-refractivity contribution in [3.8, 4) is 0 Å². The highest BCUT2D eigenvalue weighted by atomic mass is 16.5. The van der Waals surface area contributed by atoms with Crippen molar-refractivity contribution in [3.63, 3.8) is 0 Å². The molecule has 520 valence electrons. The summed E-state index contributed by atoms with van der Waals surface area (Å²) in [6.45, 7) is 5.02. The predicted octanol–water partition coefficient (Wildman–Crippen LogP) is 26.9. The molecule has 0 rings (SSSR count). The van der Waals surface area contributed by atoms with Crippen LogP contribution < -0.4 is 5.32 Å². The minimum absolute atomic E-state index is 0.0237. The average molecular weight is 1230 g/mol. The van der Waals surface area contributed by atoms with Crippen LogP contribution in [0.15, 0.2) is 0 Å². The van der Waals surface area contributed by atoms with Crippen LogP contribution in [0.3, 0.4) is 0 Å². The molecule has 0 saturated heterocycles. The van der Waals surface area contributed by atoms with Crippen molar-refractivity contribution in [2.45, 2.75) is 495 Å². The Balaban J connectivity index is 3.32. The van der Waals surface area contributed by atoms with Crippen molar-refractivity contribution in [1.29, 1.82) is 0 Å². The summed E-state index contributed by atoms with van der Waals surface area (Å²) in [5.41, 5.74) is 0. The molecule has 3 N–H and O–H groups in total. The number of rotatable bonds is 78. The molecule has 0 heterocycles. The molecule has 0 fully saturated rings. The first-order valence-electron chi connectivity index (χ1n) is 40.8. The quantitative estimate of drug-likeness (QED) is 0.0417. The van der Waals surface area contributed by atoms with Crippen LogP contribution in [0.4, 0.5) is 0 Å². The molecule has 0 aromatic rings. The van der Waals surface area contributed by atoms with Gasteiger partial charge in [0.1, 0.15) is 0 Å². The smallest absolute Gasteiger partial charge is 0.305 e. The Kier molecular flexibility index (Phi) is 76.3. The van der Waals surface area contributed by atoms with Crippen LogP contribution in [-0.4, -0.2) is 47.4 Å². The number of hydrogen-bond acceptors (Lipinski definition) is 5. The van der Waals surface area contributed by atoms with Gasteiger partial charge in [0.2, 0.25) is 5.91 Å². The molecule has 0 aliphatic carbocycles. The van der Waals surface area contributed by atoms with Gasteiger partial charge in [-0.05, 0) is 25.7 Å². The zero-order valence-electron chi connectivity index (χ0n) is 59.8. The third-order valence-electron chi connectivity index (χ3n) is 19.7. The van der Waals surface area contributed by atoms with Crippen LogP contribution in [0.1, 0.15) is 483 Å². The molecule has 0 aromatic heterocycles.